The molecule has 0 aliphatic rings. The number of para-hydroxylation sites is 1. The molecule has 0 fully saturated rings. The number of hydrogen-bond acceptors (Lipinski definition) is 0. The van der Waals surface area contributed by atoms with Crippen LogP contribution < -0.4 is 0 Å². The maximum absolute atomic E-state index is 14.7. The van der Waals surface area contributed by atoms with E-state index in [-0.39, 0.29) is 50.2 Å². The van der Waals surface area contributed by atoms with E-state index in [0.29, 0.717) is 68.3 Å². The zero-order valence-corrected chi connectivity index (χ0v) is 34.3. The molecule has 0 amide bonds. The number of hydrogen-bond donors (Lipinski definition) is 0. The van der Waals surface area contributed by atoms with Gasteiger partial charge < -0.3 is 4.57 Å². The van der Waals surface area contributed by atoms with Crippen LogP contribution in [0, 0.1) is 46.5 Å². The van der Waals surface area contributed by atoms with Crippen LogP contribution in [0.1, 0.15) is 5.56 Å². The fourth-order valence-corrected chi connectivity index (χ4v) is 8.69. The van der Waals surface area contributed by atoms with Gasteiger partial charge in [-0.05, 0) is 188 Å². The summed E-state index contributed by atoms with van der Waals surface area (Å²) in [6.45, 7) is 0. The van der Waals surface area contributed by atoms with Crippen molar-refractivity contribution in [3.8, 4) is 72.4 Å². The van der Waals surface area contributed by atoms with E-state index in [2.05, 4.69) is 0 Å². The van der Waals surface area contributed by atoms with Crippen LogP contribution in [-0.2, 0) is 6.18 Å². The monoisotopic (exact) mass is 911 g/mol. The molecule has 10 aromatic rings. The SMILES string of the molecule is Fc1cc(F)cc(-c2cc(-c3cc(F)cc(F)c3)cc(-c3ccc4c(c3)c3cc(-c5cc(-c6cc(F)cc(F)c6)cc(-c6cc(F)cc(F)c6)c5)ccc3n4-c3ccccc3C(F)(F)F)c2)c1. The van der Waals surface area contributed by atoms with Crippen LogP contribution in [0.5, 0.6) is 0 Å². The standard InChI is InChI=1S/C55H28F11N/c56-41-15-37(16-42(57)25-41)33-9-31(10-34(13-33)38-17-43(58)26-44(59)18-38)29-5-7-52-49(23-29)50-24-30(6-8-53(50)67(52)54-4-2-1-3-51(54)55(64,65)66)32-11-35(39-19-45(60)27-46(61)20-39)14-36(12-32)40-21-47(62)28-48(63)22-40/h1-28H. The summed E-state index contributed by atoms with van der Waals surface area (Å²) in [6, 6.07) is 36.1. The normalized spacial score (nSPS) is 11.8. The first-order valence-corrected chi connectivity index (χ1v) is 20.4. The van der Waals surface area contributed by atoms with E-state index in [9.17, 15) is 48.3 Å². The molecular formula is C55H28F11N. The van der Waals surface area contributed by atoms with Crippen molar-refractivity contribution in [1.82, 2.24) is 4.57 Å². The largest absolute Gasteiger partial charge is 0.418 e. The van der Waals surface area contributed by atoms with E-state index in [1.165, 1.54) is 34.9 Å². The minimum atomic E-state index is -4.77. The van der Waals surface area contributed by atoms with Crippen LogP contribution in [0.4, 0.5) is 48.3 Å². The highest BCUT2D eigenvalue weighted by atomic mass is 19.4. The number of rotatable bonds is 7. The average Bonchev–Trinajstić information content (AvgIpc) is 3.60. The summed E-state index contributed by atoms with van der Waals surface area (Å²) < 4.78 is 162. The molecule has 1 aromatic heterocycles. The summed E-state index contributed by atoms with van der Waals surface area (Å²) in [5.74, 6) is -6.95. The van der Waals surface area contributed by atoms with Crippen LogP contribution >= 0.6 is 0 Å². The summed E-state index contributed by atoms with van der Waals surface area (Å²) in [5.41, 5.74) is 2.92. The molecule has 9 aromatic carbocycles. The second kappa shape index (κ2) is 16.5. The van der Waals surface area contributed by atoms with E-state index in [4.69, 9.17) is 0 Å². The van der Waals surface area contributed by atoms with Gasteiger partial charge in [0, 0.05) is 35.0 Å². The van der Waals surface area contributed by atoms with Crippen molar-refractivity contribution in [3.63, 3.8) is 0 Å². The maximum atomic E-state index is 14.7. The summed E-state index contributed by atoms with van der Waals surface area (Å²) in [7, 11) is 0. The summed E-state index contributed by atoms with van der Waals surface area (Å²) in [5, 5.41) is 0.866. The molecule has 0 N–H and O–H groups in total. The highest BCUT2D eigenvalue weighted by molar-refractivity contribution is 6.12. The van der Waals surface area contributed by atoms with Gasteiger partial charge in [-0.15, -0.1) is 0 Å². The number of benzene rings is 9. The molecule has 0 saturated carbocycles. The molecule has 67 heavy (non-hydrogen) atoms. The molecule has 0 atom stereocenters. The third-order valence-corrected chi connectivity index (χ3v) is 11.5. The second-order valence-electron chi connectivity index (χ2n) is 16.0. The van der Waals surface area contributed by atoms with E-state index in [1.54, 1.807) is 60.7 Å². The fraction of sp³-hybridized carbons (Fsp3) is 0.0182. The summed E-state index contributed by atoms with van der Waals surface area (Å²) in [6.07, 6.45) is -4.77. The Morgan fingerprint density at radius 2 is 0.537 bits per heavy atom. The first-order valence-electron chi connectivity index (χ1n) is 20.4. The van der Waals surface area contributed by atoms with Crippen molar-refractivity contribution >= 4 is 21.8 Å². The van der Waals surface area contributed by atoms with Crippen LogP contribution in [-0.4, -0.2) is 4.57 Å². The molecule has 0 spiro atoms. The van der Waals surface area contributed by atoms with Crippen molar-refractivity contribution in [3.05, 3.63) is 222 Å². The highest BCUT2D eigenvalue weighted by Crippen LogP contribution is 2.43. The highest BCUT2D eigenvalue weighted by Gasteiger charge is 2.34. The van der Waals surface area contributed by atoms with E-state index >= 15 is 0 Å². The van der Waals surface area contributed by atoms with Gasteiger partial charge in [0.05, 0.1) is 22.3 Å². The number of halogens is 11. The van der Waals surface area contributed by atoms with Gasteiger partial charge in [-0.1, -0.05) is 24.3 Å². The van der Waals surface area contributed by atoms with Gasteiger partial charge in [-0.25, -0.2) is 35.1 Å². The number of aromatic nitrogens is 1. The zero-order chi connectivity index (χ0) is 46.9. The van der Waals surface area contributed by atoms with Gasteiger partial charge >= 0.3 is 6.18 Å². The van der Waals surface area contributed by atoms with Crippen LogP contribution in [0.15, 0.2) is 170 Å². The lowest BCUT2D eigenvalue weighted by Gasteiger charge is -2.16. The van der Waals surface area contributed by atoms with Gasteiger partial charge in [0.25, 0.3) is 0 Å². The van der Waals surface area contributed by atoms with Crippen LogP contribution in [0.2, 0.25) is 0 Å². The van der Waals surface area contributed by atoms with Crippen molar-refractivity contribution < 1.29 is 48.3 Å². The molecule has 0 radical (unpaired) electrons. The minimum absolute atomic E-state index is 0.118. The Kier molecular flexibility index (Phi) is 10.6. The molecule has 330 valence electrons. The smallest absolute Gasteiger partial charge is 0.309 e. The predicted molar refractivity (Wildman–Crippen MR) is 238 cm³/mol. The quantitative estimate of drug-likeness (QED) is 0.140. The van der Waals surface area contributed by atoms with Gasteiger partial charge in [0.15, 0.2) is 0 Å². The second-order valence-corrected chi connectivity index (χ2v) is 16.0. The molecule has 12 heteroatoms. The maximum Gasteiger partial charge on any atom is 0.418 e. The fourth-order valence-electron chi connectivity index (χ4n) is 8.69. The Bertz CT molecular complexity index is 3200. The summed E-state index contributed by atoms with van der Waals surface area (Å²) >= 11 is 0. The van der Waals surface area contributed by atoms with Gasteiger partial charge in [-0.2, -0.15) is 13.2 Å². The topological polar surface area (TPSA) is 4.93 Å². The first-order chi connectivity index (χ1) is 32.0. The lowest BCUT2D eigenvalue weighted by molar-refractivity contribution is -0.137. The molecule has 0 aliphatic carbocycles. The lowest BCUT2D eigenvalue weighted by atomic mass is 9.92. The molecule has 0 unspecified atom stereocenters. The van der Waals surface area contributed by atoms with Gasteiger partial charge in [-0.3, -0.25) is 0 Å². The molecular weight excluding hydrogens is 884 g/mol. The van der Waals surface area contributed by atoms with Crippen molar-refractivity contribution in [2.75, 3.05) is 0 Å². The molecule has 1 heterocycles. The van der Waals surface area contributed by atoms with Gasteiger partial charge in [0.1, 0.15) is 46.5 Å². The predicted octanol–water partition coefficient (Wildman–Crippen LogP) is 16.9. The molecule has 0 saturated heterocycles. The Balaban J connectivity index is 1.24. The Hall–Kier alpha value is -7.99. The number of nitrogens with zero attached hydrogens (tertiary/aromatic N) is 1. The van der Waals surface area contributed by atoms with Crippen molar-refractivity contribution in [2.45, 2.75) is 6.18 Å². The third-order valence-electron chi connectivity index (χ3n) is 11.5. The van der Waals surface area contributed by atoms with Crippen molar-refractivity contribution in [1.29, 1.82) is 0 Å². The molecule has 1 nitrogen and oxygen atoms in total. The minimum Gasteiger partial charge on any atom is -0.309 e. The first kappa shape index (κ1) is 42.9. The molecule has 0 bridgehead atoms. The molecule has 0 aliphatic heterocycles. The van der Waals surface area contributed by atoms with Crippen LogP contribution in [0.3, 0.4) is 0 Å². The number of fused-ring (bicyclic) bond motifs is 3. The Morgan fingerprint density at radius 1 is 0.269 bits per heavy atom. The number of alkyl halides is 3. The third kappa shape index (κ3) is 8.42. The Morgan fingerprint density at radius 3 is 0.836 bits per heavy atom. The Labute approximate surface area is 374 Å². The van der Waals surface area contributed by atoms with Crippen LogP contribution in [0.25, 0.3) is 94.3 Å². The van der Waals surface area contributed by atoms with E-state index in [1.807, 2.05) is 0 Å². The average molecular weight is 912 g/mol. The summed E-state index contributed by atoms with van der Waals surface area (Å²) in [4.78, 5) is 0. The lowest BCUT2D eigenvalue weighted by Crippen LogP contribution is -2.10. The van der Waals surface area contributed by atoms with E-state index in [0.717, 1.165) is 54.6 Å². The van der Waals surface area contributed by atoms with E-state index < -0.39 is 58.3 Å². The van der Waals surface area contributed by atoms with Gasteiger partial charge in [0.2, 0.25) is 0 Å². The zero-order valence-electron chi connectivity index (χ0n) is 34.3. The molecule has 10 rings (SSSR count). The van der Waals surface area contributed by atoms with Crippen molar-refractivity contribution in [2.24, 2.45) is 0 Å².